The molecule has 1 aliphatic heterocycles. The van der Waals surface area contributed by atoms with Crippen LogP contribution in [-0.4, -0.2) is 39.9 Å². The molecule has 1 aliphatic carbocycles. The second-order valence-corrected chi connectivity index (χ2v) is 9.38. The molecule has 3 heterocycles. The van der Waals surface area contributed by atoms with E-state index in [-0.39, 0.29) is 6.04 Å². The van der Waals surface area contributed by atoms with E-state index in [0.717, 1.165) is 54.9 Å². The summed E-state index contributed by atoms with van der Waals surface area (Å²) in [6, 6.07) is 9.55. The van der Waals surface area contributed by atoms with Gasteiger partial charge in [-0.25, -0.2) is 9.97 Å². The highest BCUT2D eigenvalue weighted by Crippen LogP contribution is 2.35. The molecule has 3 aromatic rings. The maximum atomic E-state index is 13.3. The predicted molar refractivity (Wildman–Crippen MR) is 125 cm³/mol. The number of piperidine rings is 1. The van der Waals surface area contributed by atoms with Gasteiger partial charge in [0.2, 0.25) is 0 Å². The molecule has 162 valence electrons. The van der Waals surface area contributed by atoms with Crippen LogP contribution in [0.3, 0.4) is 0 Å². The van der Waals surface area contributed by atoms with Crippen molar-refractivity contribution in [2.75, 3.05) is 23.3 Å². The largest absolute Gasteiger partial charge is 0.375 e. The fourth-order valence-electron chi connectivity index (χ4n) is 4.70. The number of halogens is 1. The van der Waals surface area contributed by atoms with Crippen LogP contribution in [0.25, 0.3) is 11.0 Å². The monoisotopic (exact) mass is 437 g/mol. The molecule has 31 heavy (non-hydrogen) atoms. The smallest absolute Gasteiger partial charge is 0.155 e. The van der Waals surface area contributed by atoms with Crippen LogP contribution in [0.5, 0.6) is 0 Å². The third-order valence-electron chi connectivity index (χ3n) is 6.46. The van der Waals surface area contributed by atoms with Crippen LogP contribution in [-0.2, 0) is 4.79 Å². The number of nitrogens with one attached hydrogen (secondary N) is 2. The molecule has 6 nitrogen and oxygen atoms in total. The summed E-state index contributed by atoms with van der Waals surface area (Å²) in [6.45, 7) is 1.82. The summed E-state index contributed by atoms with van der Waals surface area (Å²) in [5, 5.41) is 5.20. The number of nitrogens with zero attached hydrogens (tertiary/aromatic N) is 3. The molecule has 2 atom stereocenters. The molecule has 2 aliphatic rings. The van der Waals surface area contributed by atoms with Crippen LogP contribution in [0.2, 0.25) is 5.02 Å². The van der Waals surface area contributed by atoms with Crippen molar-refractivity contribution in [3.05, 3.63) is 47.9 Å². The van der Waals surface area contributed by atoms with Crippen molar-refractivity contribution in [3.63, 3.8) is 0 Å². The number of fused-ring (bicyclic) bond motifs is 1. The van der Waals surface area contributed by atoms with Gasteiger partial charge in [-0.1, -0.05) is 30.5 Å². The van der Waals surface area contributed by atoms with Gasteiger partial charge in [-0.3, -0.25) is 4.79 Å². The van der Waals surface area contributed by atoms with Crippen LogP contribution in [0.15, 0.2) is 42.9 Å². The number of anilines is 2. The number of H-pyrrole nitrogens is 1. The molecular formula is C24H28ClN5O. The second kappa shape index (κ2) is 8.87. The Morgan fingerprint density at radius 1 is 1.23 bits per heavy atom. The lowest BCUT2D eigenvalue weighted by molar-refractivity contribution is -0.121. The topological polar surface area (TPSA) is 73.9 Å². The Hall–Kier alpha value is -2.60. The van der Waals surface area contributed by atoms with Crippen LogP contribution < -0.4 is 10.2 Å². The Balaban J connectivity index is 1.27. The Morgan fingerprint density at radius 3 is 2.97 bits per heavy atom. The second-order valence-electron chi connectivity index (χ2n) is 8.95. The fourth-order valence-corrected chi connectivity index (χ4v) is 4.89. The van der Waals surface area contributed by atoms with Gasteiger partial charge in [0.15, 0.2) is 5.78 Å². The van der Waals surface area contributed by atoms with Crippen LogP contribution in [0, 0.1) is 11.8 Å². The van der Waals surface area contributed by atoms with Gasteiger partial charge in [-0.2, -0.15) is 0 Å². The van der Waals surface area contributed by atoms with E-state index in [9.17, 15) is 4.79 Å². The molecule has 0 radical (unpaired) electrons. The zero-order valence-corrected chi connectivity index (χ0v) is 18.3. The number of hydrogen-bond acceptors (Lipinski definition) is 5. The standard InChI is InChI=1S/C24H28ClN5O/c25-18-4-1-5-19(13-18)29-21(11-16-6-7-16)22(31)12-17-3-2-10-30(14-17)24-20-8-9-26-23(20)27-15-28-24/h1,4-5,8-9,13,15-17,21,29H,2-3,6-7,10-12,14H2,(H,26,27,28)/t17-,21+/m0/s1. The number of ketones is 1. The molecule has 0 bridgehead atoms. The normalized spacial score (nSPS) is 20.0. The lowest BCUT2D eigenvalue weighted by atomic mass is 9.89. The molecule has 1 saturated heterocycles. The van der Waals surface area contributed by atoms with Crippen molar-refractivity contribution < 1.29 is 4.79 Å². The Kier molecular flexibility index (Phi) is 5.81. The van der Waals surface area contributed by atoms with Crippen molar-refractivity contribution in [2.24, 2.45) is 11.8 Å². The number of aromatic nitrogens is 3. The van der Waals surface area contributed by atoms with E-state index in [1.807, 2.05) is 36.5 Å². The number of hydrogen-bond donors (Lipinski definition) is 2. The first-order valence-corrected chi connectivity index (χ1v) is 11.6. The molecule has 1 aromatic carbocycles. The van der Waals surface area contributed by atoms with Crippen molar-refractivity contribution in [1.82, 2.24) is 15.0 Å². The molecule has 1 saturated carbocycles. The summed E-state index contributed by atoms with van der Waals surface area (Å²) >= 11 is 6.15. The predicted octanol–water partition coefficient (Wildman–Crippen LogP) is 5.07. The number of Topliss-reactive ketones (excluding diaryl/α,β-unsaturated/α-hetero) is 1. The summed E-state index contributed by atoms with van der Waals surface area (Å²) in [7, 11) is 0. The van der Waals surface area contributed by atoms with E-state index in [1.165, 1.54) is 12.8 Å². The minimum atomic E-state index is -0.142. The lowest BCUT2D eigenvalue weighted by Crippen LogP contribution is -2.39. The van der Waals surface area contributed by atoms with Crippen LogP contribution in [0.1, 0.15) is 38.5 Å². The Morgan fingerprint density at radius 2 is 2.13 bits per heavy atom. The van der Waals surface area contributed by atoms with Crippen molar-refractivity contribution >= 4 is 39.9 Å². The number of rotatable bonds is 8. The number of carbonyl (C=O) groups is 1. The number of carbonyl (C=O) groups excluding carboxylic acids is 1. The zero-order chi connectivity index (χ0) is 21.2. The Labute approximate surface area is 187 Å². The van der Waals surface area contributed by atoms with Gasteiger partial charge < -0.3 is 15.2 Å². The van der Waals surface area contributed by atoms with Gasteiger partial charge in [0, 0.05) is 36.4 Å². The highest BCUT2D eigenvalue weighted by molar-refractivity contribution is 6.30. The van der Waals surface area contributed by atoms with E-state index in [2.05, 4.69) is 25.2 Å². The average Bonchev–Trinajstić information content (AvgIpc) is 3.45. The molecule has 5 rings (SSSR count). The van der Waals surface area contributed by atoms with Crippen LogP contribution in [0.4, 0.5) is 11.5 Å². The van der Waals surface area contributed by atoms with Gasteiger partial charge >= 0.3 is 0 Å². The highest BCUT2D eigenvalue weighted by atomic mass is 35.5. The van der Waals surface area contributed by atoms with Crippen molar-refractivity contribution in [3.8, 4) is 0 Å². The summed E-state index contributed by atoms with van der Waals surface area (Å²) in [4.78, 5) is 27.7. The quantitative estimate of drug-likeness (QED) is 0.514. The van der Waals surface area contributed by atoms with E-state index in [0.29, 0.717) is 29.1 Å². The first-order valence-electron chi connectivity index (χ1n) is 11.2. The molecule has 0 amide bonds. The molecule has 2 fully saturated rings. The van der Waals surface area contributed by atoms with Gasteiger partial charge in [0.05, 0.1) is 11.4 Å². The minimum absolute atomic E-state index is 0.142. The lowest BCUT2D eigenvalue weighted by Gasteiger charge is -2.34. The number of benzene rings is 1. The SMILES string of the molecule is O=C(C[C@@H]1CCCN(c2ncnc3[nH]ccc23)C1)[C@@H](CC1CC1)Nc1cccc(Cl)c1. The Bertz CT molecular complexity index is 1060. The molecule has 2 N–H and O–H groups in total. The van der Waals surface area contributed by atoms with E-state index in [1.54, 1.807) is 6.33 Å². The van der Waals surface area contributed by atoms with E-state index >= 15 is 0 Å². The summed E-state index contributed by atoms with van der Waals surface area (Å²) in [6.07, 6.45) is 9.65. The average molecular weight is 438 g/mol. The third kappa shape index (κ3) is 4.85. The molecule has 0 unspecified atom stereocenters. The third-order valence-corrected chi connectivity index (χ3v) is 6.70. The maximum absolute atomic E-state index is 13.3. The van der Waals surface area contributed by atoms with Gasteiger partial charge in [-0.15, -0.1) is 0 Å². The molecule has 2 aromatic heterocycles. The fraction of sp³-hybridized carbons (Fsp3) is 0.458. The summed E-state index contributed by atoms with van der Waals surface area (Å²) in [5.74, 6) is 2.29. The maximum Gasteiger partial charge on any atom is 0.155 e. The van der Waals surface area contributed by atoms with Crippen molar-refractivity contribution in [1.29, 1.82) is 0 Å². The minimum Gasteiger partial charge on any atom is -0.375 e. The highest BCUT2D eigenvalue weighted by Gasteiger charge is 2.32. The van der Waals surface area contributed by atoms with Crippen molar-refractivity contribution in [2.45, 2.75) is 44.6 Å². The first-order chi connectivity index (χ1) is 15.2. The number of aromatic amines is 1. The van der Waals surface area contributed by atoms with Crippen LogP contribution >= 0.6 is 11.6 Å². The molecule has 7 heteroatoms. The van der Waals surface area contributed by atoms with Gasteiger partial charge in [0.25, 0.3) is 0 Å². The van der Waals surface area contributed by atoms with Gasteiger partial charge in [0.1, 0.15) is 17.8 Å². The first kappa shape index (κ1) is 20.3. The molecule has 0 spiro atoms. The zero-order valence-electron chi connectivity index (χ0n) is 17.6. The summed E-state index contributed by atoms with van der Waals surface area (Å²) < 4.78 is 0. The van der Waals surface area contributed by atoms with E-state index < -0.39 is 0 Å². The summed E-state index contributed by atoms with van der Waals surface area (Å²) in [5.41, 5.74) is 1.78. The molecular weight excluding hydrogens is 410 g/mol. The van der Waals surface area contributed by atoms with Gasteiger partial charge in [-0.05, 0) is 55.4 Å². The van der Waals surface area contributed by atoms with E-state index in [4.69, 9.17) is 11.6 Å².